The van der Waals surface area contributed by atoms with E-state index in [-0.39, 0.29) is 11.2 Å². The molecular weight excluding hydrogens is 440 g/mol. The molecule has 10 aliphatic rings. The lowest BCUT2D eigenvalue weighted by molar-refractivity contribution is -0.205. The van der Waals surface area contributed by atoms with Gasteiger partial charge in [0, 0.05) is 0 Å². The molecule has 0 radical (unpaired) electrons. The molecule has 4 heterocycles. The maximum atomic E-state index is 6.26. The molecule has 4 aliphatic heterocycles. The molecule has 0 N–H and O–H groups in total. The van der Waals surface area contributed by atoms with Gasteiger partial charge in [0.05, 0.1) is 24.4 Å². The molecule has 0 amide bonds. The molecule has 36 heavy (non-hydrogen) atoms. The molecule has 10 fully saturated rings. The molecule has 10 rings (SSSR count). The Balaban J connectivity index is 0.000000122. The van der Waals surface area contributed by atoms with Crippen LogP contribution in [-0.4, -0.2) is 24.4 Å². The fraction of sp³-hybridized carbons (Fsp3) is 1.00. The molecule has 0 aromatic carbocycles. The van der Waals surface area contributed by atoms with Gasteiger partial charge in [-0.2, -0.15) is 0 Å². The Morgan fingerprint density at radius 2 is 0.806 bits per heavy atom. The minimum Gasteiger partial charge on any atom is -0.375 e. The van der Waals surface area contributed by atoms with E-state index in [1.54, 1.807) is 0 Å². The second kappa shape index (κ2) is 6.97. The van der Waals surface area contributed by atoms with Crippen molar-refractivity contribution in [2.24, 2.45) is 56.2 Å². The van der Waals surface area contributed by atoms with Crippen LogP contribution in [0.15, 0.2) is 0 Å². The van der Waals surface area contributed by atoms with E-state index in [0.717, 1.165) is 36.9 Å². The fourth-order valence-electron chi connectivity index (χ4n) is 11.8. The summed E-state index contributed by atoms with van der Waals surface area (Å²) in [6.07, 6.45) is 16.9. The maximum Gasteiger partial charge on any atom is 0.0655 e. The number of ether oxygens (including phenoxy) is 2. The zero-order valence-electron chi connectivity index (χ0n) is 25.0. The van der Waals surface area contributed by atoms with Crippen LogP contribution in [0.2, 0.25) is 0 Å². The monoisotopic (exact) mass is 496 g/mol. The first-order valence-corrected chi connectivity index (χ1v) is 15.9. The maximum absolute atomic E-state index is 6.26. The van der Waals surface area contributed by atoms with E-state index in [9.17, 15) is 0 Å². The lowest BCUT2D eigenvalue weighted by atomic mass is 9.53. The Morgan fingerprint density at radius 3 is 1.03 bits per heavy atom. The van der Waals surface area contributed by atoms with Crippen molar-refractivity contribution in [1.82, 2.24) is 0 Å². The minimum absolute atomic E-state index is 0.233. The molecule has 2 heteroatoms. The Labute approximate surface area is 222 Å². The normalized spacial score (nSPS) is 60.7. The first-order chi connectivity index (χ1) is 16.6. The Kier molecular flexibility index (Phi) is 4.83. The second-order valence-electron chi connectivity index (χ2n) is 17.9. The number of hydrogen-bond donors (Lipinski definition) is 0. The van der Waals surface area contributed by atoms with Crippen molar-refractivity contribution in [3.8, 4) is 0 Å². The average molecular weight is 497 g/mol. The zero-order valence-corrected chi connectivity index (χ0v) is 25.0. The van der Waals surface area contributed by atoms with Gasteiger partial charge in [-0.25, -0.2) is 0 Å². The zero-order chi connectivity index (χ0) is 25.6. The van der Waals surface area contributed by atoms with Crippen LogP contribution in [0.25, 0.3) is 0 Å². The van der Waals surface area contributed by atoms with Gasteiger partial charge in [-0.05, 0) is 147 Å². The molecule has 4 saturated heterocycles. The average Bonchev–Trinajstić information content (AvgIpc) is 3.68. The van der Waals surface area contributed by atoms with Crippen molar-refractivity contribution in [2.45, 2.75) is 144 Å². The molecule has 6 saturated carbocycles. The van der Waals surface area contributed by atoms with E-state index in [1.165, 1.54) is 77.0 Å². The summed E-state index contributed by atoms with van der Waals surface area (Å²) in [4.78, 5) is 0. The van der Waals surface area contributed by atoms with E-state index in [1.807, 2.05) is 0 Å². The van der Waals surface area contributed by atoms with Gasteiger partial charge in [0.2, 0.25) is 0 Å². The van der Waals surface area contributed by atoms with Crippen molar-refractivity contribution >= 4 is 0 Å². The van der Waals surface area contributed by atoms with E-state index in [0.29, 0.717) is 32.5 Å². The molecule has 6 aliphatic carbocycles. The van der Waals surface area contributed by atoms with Crippen molar-refractivity contribution in [3.63, 3.8) is 0 Å². The van der Waals surface area contributed by atoms with Gasteiger partial charge in [0.1, 0.15) is 0 Å². The van der Waals surface area contributed by atoms with Crippen LogP contribution in [0.4, 0.5) is 0 Å². The molecule has 6 unspecified atom stereocenters. The first-order valence-electron chi connectivity index (χ1n) is 15.9. The summed E-state index contributed by atoms with van der Waals surface area (Å²) in [5.41, 5.74) is 3.93. The Hall–Kier alpha value is -0.0800. The van der Waals surface area contributed by atoms with Crippen molar-refractivity contribution in [2.75, 3.05) is 13.2 Å². The van der Waals surface area contributed by atoms with Crippen LogP contribution in [0.1, 0.15) is 132 Å². The number of hydrogen-bond acceptors (Lipinski definition) is 2. The van der Waals surface area contributed by atoms with Gasteiger partial charge < -0.3 is 9.47 Å². The van der Waals surface area contributed by atoms with Gasteiger partial charge in [0.15, 0.2) is 0 Å². The largest absolute Gasteiger partial charge is 0.375 e. The summed E-state index contributed by atoms with van der Waals surface area (Å²) >= 11 is 0. The van der Waals surface area contributed by atoms with E-state index >= 15 is 0 Å². The highest BCUT2D eigenvalue weighted by atomic mass is 16.5. The number of rotatable bonds is 2. The van der Waals surface area contributed by atoms with Crippen molar-refractivity contribution in [3.05, 3.63) is 0 Å². The third-order valence-electron chi connectivity index (χ3n) is 16.1. The molecule has 0 aromatic heterocycles. The molecule has 4 bridgehead atoms. The quantitative estimate of drug-likeness (QED) is 0.380. The van der Waals surface area contributed by atoms with Crippen LogP contribution in [0, 0.1) is 56.2 Å². The summed E-state index contributed by atoms with van der Waals surface area (Å²) in [5, 5.41) is 0. The third-order valence-corrected chi connectivity index (χ3v) is 16.1. The smallest absolute Gasteiger partial charge is 0.0655 e. The Bertz CT molecular complexity index is 820. The van der Waals surface area contributed by atoms with Crippen molar-refractivity contribution < 1.29 is 9.47 Å². The summed E-state index contributed by atoms with van der Waals surface area (Å²) in [5.74, 6) is 3.89. The Morgan fingerprint density at radius 1 is 0.472 bits per heavy atom. The highest BCUT2D eigenvalue weighted by Crippen LogP contribution is 2.79. The van der Waals surface area contributed by atoms with Crippen molar-refractivity contribution in [1.29, 1.82) is 0 Å². The van der Waals surface area contributed by atoms with Crippen LogP contribution >= 0.6 is 0 Å². The third kappa shape index (κ3) is 3.04. The van der Waals surface area contributed by atoms with E-state index in [2.05, 4.69) is 55.4 Å². The lowest BCUT2D eigenvalue weighted by Crippen LogP contribution is -2.55. The predicted octanol–water partition coefficient (Wildman–Crippen LogP) is 8.82. The van der Waals surface area contributed by atoms with Crippen LogP contribution < -0.4 is 0 Å². The predicted molar refractivity (Wildman–Crippen MR) is 147 cm³/mol. The summed E-state index contributed by atoms with van der Waals surface area (Å²) in [6.45, 7) is 22.1. The van der Waals surface area contributed by atoms with Gasteiger partial charge in [-0.3, -0.25) is 0 Å². The topological polar surface area (TPSA) is 18.5 Å². The van der Waals surface area contributed by atoms with Crippen LogP contribution in [0.3, 0.4) is 0 Å². The highest BCUT2D eigenvalue weighted by Gasteiger charge is 2.72. The molecule has 2 nitrogen and oxygen atoms in total. The van der Waals surface area contributed by atoms with E-state index in [4.69, 9.17) is 9.47 Å². The first kappa shape index (κ1) is 24.9. The summed E-state index contributed by atoms with van der Waals surface area (Å²) in [6, 6.07) is 0. The van der Waals surface area contributed by atoms with Crippen LogP contribution in [0.5, 0.6) is 0 Å². The van der Waals surface area contributed by atoms with Gasteiger partial charge in [0.25, 0.3) is 0 Å². The van der Waals surface area contributed by atoms with E-state index < -0.39 is 0 Å². The van der Waals surface area contributed by atoms with Crippen LogP contribution in [-0.2, 0) is 9.47 Å². The SMILES string of the molecule is CC12CCC(C3CC4CC4(C)C3(C)C)(CC1)CO2.CC12CCC(C3CC4CC4(C)C3(C)C)(CC1)CO2. The summed E-state index contributed by atoms with van der Waals surface area (Å²) < 4.78 is 12.5. The standard InChI is InChI=1S/2C17H28O/c2*1-14(2)13(9-12-10-16(12,14)4)17-7-5-15(3,6-8-17)18-11-17/h2*12-13H,5-11H2,1-4H3. The molecule has 0 spiro atoms. The molecule has 204 valence electrons. The fourth-order valence-corrected chi connectivity index (χ4v) is 11.8. The van der Waals surface area contributed by atoms with Gasteiger partial charge in [-0.15, -0.1) is 0 Å². The second-order valence-corrected chi connectivity index (χ2v) is 17.9. The minimum atomic E-state index is 0.233. The lowest BCUT2D eigenvalue weighted by Gasteiger charge is -2.58. The molecule has 6 atom stereocenters. The number of fused-ring (bicyclic) bond motifs is 8. The van der Waals surface area contributed by atoms with Gasteiger partial charge >= 0.3 is 0 Å². The molecular formula is C34H56O2. The summed E-state index contributed by atoms with van der Waals surface area (Å²) in [7, 11) is 0. The van der Waals surface area contributed by atoms with Gasteiger partial charge in [-0.1, -0.05) is 41.5 Å². The highest BCUT2D eigenvalue weighted by molar-refractivity contribution is 5.21. The molecule has 0 aromatic rings.